The van der Waals surface area contributed by atoms with E-state index in [2.05, 4.69) is 14.9 Å². The number of carbonyl (C=O) groups excluding carboxylic acids is 1. The Labute approximate surface area is 130 Å². The van der Waals surface area contributed by atoms with Crippen LogP contribution in [0.4, 0.5) is 0 Å². The van der Waals surface area contributed by atoms with Crippen LogP contribution in [0.5, 0.6) is 6.01 Å². The Kier molecular flexibility index (Phi) is 4.26. The number of hydrogen-bond acceptors (Lipinski definition) is 6. The maximum atomic E-state index is 11.5. The quantitative estimate of drug-likeness (QED) is 0.800. The van der Waals surface area contributed by atoms with Gasteiger partial charge in [0, 0.05) is 51.2 Å². The van der Waals surface area contributed by atoms with E-state index >= 15 is 0 Å². The van der Waals surface area contributed by atoms with Crippen molar-refractivity contribution in [2.24, 2.45) is 0 Å². The lowest BCUT2D eigenvalue weighted by atomic mass is 9.89. The summed E-state index contributed by atoms with van der Waals surface area (Å²) in [5.74, 6) is 0.0726. The number of hydrogen-bond donors (Lipinski definition) is 0. The predicted octanol–water partition coefficient (Wildman–Crippen LogP) is 0.308. The van der Waals surface area contributed by atoms with Crippen molar-refractivity contribution in [3.05, 3.63) is 18.0 Å². The van der Waals surface area contributed by atoms with Gasteiger partial charge in [-0.15, -0.1) is 0 Å². The zero-order chi connectivity index (χ0) is 15.6. The molecular weight excluding hydrogens is 284 g/mol. The summed E-state index contributed by atoms with van der Waals surface area (Å²) in [6.07, 6.45) is 5.50. The van der Waals surface area contributed by atoms with Gasteiger partial charge in [-0.3, -0.25) is 9.69 Å². The van der Waals surface area contributed by atoms with Gasteiger partial charge < -0.3 is 14.4 Å². The van der Waals surface area contributed by atoms with Crippen molar-refractivity contribution in [3.63, 3.8) is 0 Å². The molecule has 0 saturated carbocycles. The van der Waals surface area contributed by atoms with E-state index in [9.17, 15) is 4.79 Å². The van der Waals surface area contributed by atoms with Gasteiger partial charge in [0.15, 0.2) is 0 Å². The van der Waals surface area contributed by atoms with Crippen LogP contribution in [0, 0.1) is 0 Å². The molecule has 1 aromatic heterocycles. The third kappa shape index (κ3) is 3.20. The van der Waals surface area contributed by atoms with Crippen molar-refractivity contribution < 1.29 is 14.3 Å². The van der Waals surface area contributed by atoms with Gasteiger partial charge in [-0.2, -0.15) is 0 Å². The zero-order valence-electron chi connectivity index (χ0n) is 13.1. The first-order valence-corrected chi connectivity index (χ1v) is 7.55. The normalized spacial score (nSPS) is 22.1. The van der Waals surface area contributed by atoms with Gasteiger partial charge in [-0.1, -0.05) is 0 Å². The topological polar surface area (TPSA) is 67.8 Å². The summed E-state index contributed by atoms with van der Waals surface area (Å²) in [6.45, 7) is 3.64. The van der Waals surface area contributed by atoms with Crippen molar-refractivity contribution in [1.29, 1.82) is 0 Å². The Morgan fingerprint density at radius 1 is 1.32 bits per heavy atom. The van der Waals surface area contributed by atoms with Crippen LogP contribution in [0.15, 0.2) is 12.4 Å². The average molecular weight is 306 g/mol. The molecule has 0 atom stereocenters. The molecule has 2 aliphatic heterocycles. The standard InChI is InChI=1S/C15H22N4O3/c1-18-11-15(22-10-13(18)20)3-5-19(6-4-15)9-12-7-16-14(21-2)17-8-12/h7-8H,3-6,9-11H2,1-2H3. The molecule has 0 aliphatic carbocycles. The van der Waals surface area contributed by atoms with Gasteiger partial charge in [0.1, 0.15) is 6.61 Å². The van der Waals surface area contributed by atoms with E-state index in [4.69, 9.17) is 9.47 Å². The summed E-state index contributed by atoms with van der Waals surface area (Å²) < 4.78 is 10.8. The Morgan fingerprint density at radius 2 is 2.00 bits per heavy atom. The van der Waals surface area contributed by atoms with E-state index in [1.54, 1.807) is 24.4 Å². The summed E-state index contributed by atoms with van der Waals surface area (Å²) in [5, 5.41) is 0. The summed E-state index contributed by atoms with van der Waals surface area (Å²) in [7, 11) is 3.42. The second-order valence-corrected chi connectivity index (χ2v) is 6.08. The van der Waals surface area contributed by atoms with Gasteiger partial charge in [0.2, 0.25) is 5.91 Å². The molecule has 0 N–H and O–H groups in total. The second-order valence-electron chi connectivity index (χ2n) is 6.08. The van der Waals surface area contributed by atoms with E-state index in [0.29, 0.717) is 12.6 Å². The van der Waals surface area contributed by atoms with Crippen LogP contribution in [0.2, 0.25) is 0 Å². The predicted molar refractivity (Wildman–Crippen MR) is 79.4 cm³/mol. The van der Waals surface area contributed by atoms with Gasteiger partial charge in [0.05, 0.1) is 12.7 Å². The molecule has 2 fully saturated rings. The lowest BCUT2D eigenvalue weighted by Gasteiger charge is -2.46. The Hall–Kier alpha value is -1.73. The number of likely N-dealkylation sites (tertiary alicyclic amines) is 1. The van der Waals surface area contributed by atoms with Crippen LogP contribution in [0.25, 0.3) is 0 Å². The highest BCUT2D eigenvalue weighted by atomic mass is 16.5. The number of nitrogens with zero attached hydrogens (tertiary/aromatic N) is 4. The van der Waals surface area contributed by atoms with Gasteiger partial charge in [-0.05, 0) is 12.8 Å². The van der Waals surface area contributed by atoms with Crippen LogP contribution in [0.1, 0.15) is 18.4 Å². The van der Waals surface area contributed by atoms with E-state index in [1.165, 1.54) is 0 Å². The monoisotopic (exact) mass is 306 g/mol. The molecule has 3 heterocycles. The molecule has 2 aliphatic rings. The van der Waals surface area contributed by atoms with Crippen molar-refractivity contribution in [2.45, 2.75) is 25.0 Å². The molecule has 0 radical (unpaired) electrons. The lowest BCUT2D eigenvalue weighted by molar-refractivity contribution is -0.169. The van der Waals surface area contributed by atoms with E-state index in [0.717, 1.165) is 38.0 Å². The highest BCUT2D eigenvalue weighted by Gasteiger charge is 2.41. The molecule has 120 valence electrons. The van der Waals surface area contributed by atoms with Gasteiger partial charge in [-0.25, -0.2) is 9.97 Å². The number of aromatic nitrogens is 2. The Bertz CT molecular complexity index is 526. The number of morpholine rings is 1. The number of carbonyl (C=O) groups is 1. The third-order valence-electron chi connectivity index (χ3n) is 4.49. The summed E-state index contributed by atoms with van der Waals surface area (Å²) in [6, 6.07) is 0.393. The van der Waals surface area contributed by atoms with Crippen LogP contribution in [-0.4, -0.2) is 71.7 Å². The SMILES string of the molecule is COc1ncc(CN2CCC3(CC2)CN(C)C(=O)CO3)cn1. The van der Waals surface area contributed by atoms with Crippen LogP contribution in [-0.2, 0) is 16.1 Å². The molecular formula is C15H22N4O3. The maximum Gasteiger partial charge on any atom is 0.316 e. The van der Waals surface area contributed by atoms with Gasteiger partial charge in [0.25, 0.3) is 0 Å². The number of rotatable bonds is 3. The van der Waals surface area contributed by atoms with Crippen LogP contribution >= 0.6 is 0 Å². The first-order chi connectivity index (χ1) is 10.6. The van der Waals surface area contributed by atoms with Crippen LogP contribution in [0.3, 0.4) is 0 Å². The highest BCUT2D eigenvalue weighted by Crippen LogP contribution is 2.30. The first kappa shape index (κ1) is 15.2. The number of piperidine rings is 1. The largest absolute Gasteiger partial charge is 0.467 e. The fourth-order valence-corrected chi connectivity index (χ4v) is 3.10. The molecule has 0 aromatic carbocycles. The molecule has 0 bridgehead atoms. The molecule has 1 spiro atoms. The first-order valence-electron chi connectivity index (χ1n) is 7.55. The van der Waals surface area contributed by atoms with Crippen molar-refractivity contribution in [2.75, 3.05) is 40.4 Å². The maximum absolute atomic E-state index is 11.5. The average Bonchev–Trinajstić information content (AvgIpc) is 2.55. The summed E-state index contributed by atoms with van der Waals surface area (Å²) in [5.41, 5.74) is 0.920. The fourth-order valence-electron chi connectivity index (χ4n) is 3.10. The summed E-state index contributed by atoms with van der Waals surface area (Å²) in [4.78, 5) is 24.0. The highest BCUT2D eigenvalue weighted by molar-refractivity contribution is 5.78. The summed E-state index contributed by atoms with van der Waals surface area (Å²) >= 11 is 0. The third-order valence-corrected chi connectivity index (χ3v) is 4.49. The number of methoxy groups -OCH3 is 1. The Balaban J connectivity index is 1.54. The fraction of sp³-hybridized carbons (Fsp3) is 0.667. The van der Waals surface area contributed by atoms with Crippen molar-refractivity contribution in [1.82, 2.24) is 19.8 Å². The van der Waals surface area contributed by atoms with Crippen LogP contribution < -0.4 is 4.74 Å². The smallest absolute Gasteiger partial charge is 0.316 e. The minimum Gasteiger partial charge on any atom is -0.467 e. The molecule has 1 amide bonds. The zero-order valence-corrected chi connectivity index (χ0v) is 13.1. The van der Waals surface area contributed by atoms with E-state index < -0.39 is 0 Å². The number of amides is 1. The lowest BCUT2D eigenvalue weighted by Crippen LogP contribution is -2.57. The molecule has 2 saturated heterocycles. The number of ether oxygens (including phenoxy) is 2. The molecule has 1 aromatic rings. The minimum atomic E-state index is -0.157. The van der Waals surface area contributed by atoms with Crippen molar-refractivity contribution >= 4 is 5.91 Å². The second kappa shape index (κ2) is 6.18. The molecule has 22 heavy (non-hydrogen) atoms. The Morgan fingerprint density at radius 3 is 2.59 bits per heavy atom. The van der Waals surface area contributed by atoms with Crippen molar-refractivity contribution in [3.8, 4) is 6.01 Å². The van der Waals surface area contributed by atoms with Gasteiger partial charge >= 0.3 is 6.01 Å². The molecule has 7 nitrogen and oxygen atoms in total. The molecule has 3 rings (SSSR count). The number of likely N-dealkylation sites (N-methyl/N-ethyl adjacent to an activating group) is 1. The minimum absolute atomic E-state index is 0.0726. The van der Waals surface area contributed by atoms with E-state index in [1.807, 2.05) is 7.05 Å². The van der Waals surface area contributed by atoms with E-state index in [-0.39, 0.29) is 18.1 Å². The molecule has 7 heteroatoms. The molecule has 0 unspecified atom stereocenters.